The lowest BCUT2D eigenvalue weighted by atomic mass is 10.6. The minimum atomic E-state index is -2.37. The van der Waals surface area contributed by atoms with Crippen LogP contribution in [0.3, 0.4) is 0 Å². The van der Waals surface area contributed by atoms with Gasteiger partial charge in [-0.2, -0.15) is 0 Å². The molecule has 6 heteroatoms. The number of thiol groups is 1. The van der Waals surface area contributed by atoms with E-state index in [1.165, 1.54) is 0 Å². The van der Waals surface area contributed by atoms with E-state index in [1.54, 1.807) is 6.92 Å². The van der Waals surface area contributed by atoms with E-state index in [-0.39, 0.29) is 5.12 Å². The smallest absolute Gasteiger partial charge is 0.183 e. The van der Waals surface area contributed by atoms with E-state index < -0.39 is 6.49 Å². The van der Waals surface area contributed by atoms with Crippen molar-refractivity contribution in [2.45, 2.75) is 13.3 Å². The Morgan fingerprint density at radius 3 is 2.11 bits per heavy atom. The third-order valence-electron chi connectivity index (χ3n) is 0.587. The lowest BCUT2D eigenvalue weighted by Gasteiger charge is -2.04. The molecule has 0 aliphatic heterocycles. The van der Waals surface area contributed by atoms with Gasteiger partial charge in [0.2, 0.25) is 0 Å². The van der Waals surface area contributed by atoms with E-state index in [2.05, 4.69) is 0 Å². The molecule has 0 heterocycles. The minimum absolute atomic E-state index is 0.0100. The van der Waals surface area contributed by atoms with Crippen molar-refractivity contribution in [2.75, 3.05) is 0 Å². The quantitative estimate of drug-likeness (QED) is 0.308. The van der Waals surface area contributed by atoms with Crippen LogP contribution in [0.25, 0.3) is 0 Å². The molecule has 0 amide bonds. The molecule has 0 fully saturated rings. The molecule has 9 heavy (non-hydrogen) atoms. The molecule has 0 spiro atoms. The second kappa shape index (κ2) is 3.49. The zero-order valence-corrected chi connectivity index (χ0v) is 7.03. The first-order valence-corrected chi connectivity index (χ1v) is 6.06. The zero-order valence-electron chi connectivity index (χ0n) is 5.24. The summed E-state index contributed by atoms with van der Waals surface area (Å²) in [5.41, 5.74) is 15.7. The van der Waals surface area contributed by atoms with Crippen LogP contribution in [-0.4, -0.2) is 5.12 Å². The third-order valence-corrected chi connectivity index (χ3v) is 3.18. The highest BCUT2D eigenvalue weighted by molar-refractivity contribution is 8.28. The summed E-state index contributed by atoms with van der Waals surface area (Å²) >= 11 is 0. The summed E-state index contributed by atoms with van der Waals surface area (Å²) in [7, 11) is 0.392. The molecule has 56 valence electrons. The van der Waals surface area contributed by atoms with Crippen molar-refractivity contribution in [3.63, 3.8) is 0 Å². The summed E-state index contributed by atoms with van der Waals surface area (Å²) in [4.78, 5) is 10.6. The predicted molar refractivity (Wildman–Crippen MR) is 43.5 cm³/mol. The predicted octanol–water partition coefficient (Wildman–Crippen LogP) is -0.708. The van der Waals surface area contributed by atoms with Crippen molar-refractivity contribution in [2.24, 2.45) is 16.5 Å². The Balaban J connectivity index is 4.13. The van der Waals surface area contributed by atoms with Crippen molar-refractivity contribution >= 4 is 22.5 Å². The van der Waals surface area contributed by atoms with Gasteiger partial charge in [0.1, 0.15) is 0 Å². The first kappa shape index (κ1) is 9.33. The fourth-order valence-corrected chi connectivity index (χ4v) is 2.38. The largest absolute Gasteiger partial charge is 0.288 e. The van der Waals surface area contributed by atoms with Gasteiger partial charge in [-0.25, -0.2) is 0 Å². The molecule has 0 radical (unpaired) electrons. The molecule has 6 N–H and O–H groups in total. The fourth-order valence-electron chi connectivity index (χ4n) is 0.264. The standard InChI is InChI=1S/C3H12N3OPS/c1-2-3(7)9-8(4,5)6/h9H,2,4-6H2,1H3. The molecule has 0 aliphatic carbocycles. The maximum atomic E-state index is 10.6. The van der Waals surface area contributed by atoms with Gasteiger partial charge in [0.25, 0.3) is 0 Å². The first-order chi connectivity index (χ1) is 3.95. The van der Waals surface area contributed by atoms with Gasteiger partial charge in [0.05, 0.1) is 6.49 Å². The van der Waals surface area contributed by atoms with Crippen LogP contribution < -0.4 is 16.5 Å². The molecule has 0 aromatic heterocycles. The van der Waals surface area contributed by atoms with Crippen molar-refractivity contribution < 1.29 is 4.79 Å². The second-order valence-electron chi connectivity index (χ2n) is 1.64. The summed E-state index contributed by atoms with van der Waals surface area (Å²) in [5, 5.41) is 0.0100. The summed E-state index contributed by atoms with van der Waals surface area (Å²) in [6, 6.07) is 0. The summed E-state index contributed by atoms with van der Waals surface area (Å²) in [6.07, 6.45) is 0.453. The van der Waals surface area contributed by atoms with E-state index in [1.807, 2.05) is 0 Å². The van der Waals surface area contributed by atoms with E-state index in [0.29, 0.717) is 17.4 Å². The minimum Gasteiger partial charge on any atom is -0.288 e. The summed E-state index contributed by atoms with van der Waals surface area (Å²) in [6.45, 7) is -0.611. The van der Waals surface area contributed by atoms with Crippen molar-refractivity contribution in [3.05, 3.63) is 0 Å². The van der Waals surface area contributed by atoms with Gasteiger partial charge in [-0.05, 0) is 0 Å². The number of hydrogen-bond acceptors (Lipinski definition) is 1. The highest BCUT2D eigenvalue weighted by Gasteiger charge is 1.97. The fraction of sp³-hybridized carbons (Fsp3) is 0.667. The Kier molecular flexibility index (Phi) is 3.61. The van der Waals surface area contributed by atoms with Gasteiger partial charge in [0, 0.05) is 6.42 Å². The Morgan fingerprint density at radius 1 is 1.56 bits per heavy atom. The molecule has 0 bridgehead atoms. The third kappa shape index (κ3) is 6.21. The van der Waals surface area contributed by atoms with Gasteiger partial charge in [-0.1, -0.05) is 17.9 Å². The van der Waals surface area contributed by atoms with Crippen LogP contribution in [0.4, 0.5) is 0 Å². The van der Waals surface area contributed by atoms with Gasteiger partial charge < -0.3 is 0 Å². The maximum absolute atomic E-state index is 10.6. The van der Waals surface area contributed by atoms with Crippen molar-refractivity contribution in [3.8, 4) is 0 Å². The van der Waals surface area contributed by atoms with Gasteiger partial charge in [0.15, 0.2) is 5.12 Å². The average Bonchev–Trinajstić information content (AvgIpc) is 1.62. The molecule has 0 rings (SSSR count). The Morgan fingerprint density at radius 2 is 2.00 bits per heavy atom. The van der Waals surface area contributed by atoms with Crippen LogP contribution in [0.2, 0.25) is 0 Å². The number of rotatable bonds is 1. The molecule has 4 nitrogen and oxygen atoms in total. The SMILES string of the molecule is CCC(=O)[SH]=P(N)(N)N. The van der Waals surface area contributed by atoms with Crippen molar-refractivity contribution in [1.82, 2.24) is 0 Å². The second-order valence-corrected chi connectivity index (χ2v) is 6.61. The number of carbonyl (C=O) groups excluding carboxylic acids is 1. The van der Waals surface area contributed by atoms with Crippen LogP contribution in [0.15, 0.2) is 0 Å². The van der Waals surface area contributed by atoms with Gasteiger partial charge in [-0.15, -0.1) is 0 Å². The monoisotopic (exact) mass is 169 g/mol. The highest BCUT2D eigenvalue weighted by Crippen LogP contribution is 2.15. The van der Waals surface area contributed by atoms with Gasteiger partial charge >= 0.3 is 0 Å². The molecule has 0 aliphatic rings. The molecule has 0 aromatic rings. The number of nitrogens with two attached hydrogens (primary N) is 3. The molecule has 0 saturated carbocycles. The zero-order chi connectivity index (χ0) is 7.49. The first-order valence-electron chi connectivity index (χ1n) is 2.46. The van der Waals surface area contributed by atoms with E-state index in [9.17, 15) is 4.79 Å². The number of carbonyl (C=O) groups is 1. The normalized spacial score (nSPS) is 11.6. The topological polar surface area (TPSA) is 95.1 Å². The molecular formula is C3H12N3OPS. The van der Waals surface area contributed by atoms with E-state index in [0.717, 1.165) is 0 Å². The summed E-state index contributed by atoms with van der Waals surface area (Å²) in [5.74, 6) is 0. The lowest BCUT2D eigenvalue weighted by Crippen LogP contribution is -2.16. The molecule has 0 saturated heterocycles. The Hall–Kier alpha value is 0.330. The molecule has 0 aromatic carbocycles. The van der Waals surface area contributed by atoms with Crippen LogP contribution in [-0.2, 0) is 15.7 Å². The molecular weight excluding hydrogens is 157 g/mol. The molecule has 0 atom stereocenters. The molecule has 0 unspecified atom stereocenters. The lowest BCUT2D eigenvalue weighted by molar-refractivity contribution is -0.110. The Labute approximate surface area is 57.9 Å². The van der Waals surface area contributed by atoms with E-state index in [4.69, 9.17) is 16.5 Å². The summed E-state index contributed by atoms with van der Waals surface area (Å²) < 4.78 is 0. The number of hydrogen-bond donors (Lipinski definition) is 4. The highest BCUT2D eigenvalue weighted by atomic mass is 32.5. The van der Waals surface area contributed by atoms with Crippen LogP contribution in [0.1, 0.15) is 13.3 Å². The van der Waals surface area contributed by atoms with Gasteiger partial charge in [-0.3, -0.25) is 21.3 Å². The Bertz CT molecular complexity index is 154. The van der Waals surface area contributed by atoms with Crippen LogP contribution in [0, 0.1) is 0 Å². The van der Waals surface area contributed by atoms with Crippen LogP contribution in [0.5, 0.6) is 0 Å². The average molecular weight is 169 g/mol. The maximum Gasteiger partial charge on any atom is 0.183 e. The van der Waals surface area contributed by atoms with E-state index >= 15 is 0 Å². The van der Waals surface area contributed by atoms with Crippen LogP contribution >= 0.6 is 6.49 Å². The van der Waals surface area contributed by atoms with Crippen molar-refractivity contribution in [1.29, 1.82) is 0 Å².